The Kier molecular flexibility index (Phi) is 5.95. The molecule has 0 aliphatic rings. The van der Waals surface area contributed by atoms with Crippen LogP contribution in [0.15, 0.2) is 47.3 Å². The quantitative estimate of drug-likeness (QED) is 0.670. The van der Waals surface area contributed by atoms with E-state index in [0.717, 1.165) is 0 Å². The molecule has 3 aromatic rings. The average Bonchev–Trinajstić information content (AvgIpc) is 2.64. The van der Waals surface area contributed by atoms with Gasteiger partial charge < -0.3 is 10.1 Å². The second-order valence-electron chi connectivity index (χ2n) is 5.61. The van der Waals surface area contributed by atoms with Gasteiger partial charge in [-0.2, -0.15) is 4.98 Å². The molecule has 7 nitrogen and oxygen atoms in total. The summed E-state index contributed by atoms with van der Waals surface area (Å²) >= 11 is 11.8. The topological polar surface area (TPSA) is 85.2 Å². The lowest BCUT2D eigenvalue weighted by Crippen LogP contribution is -2.30. The monoisotopic (exact) mass is 406 g/mol. The summed E-state index contributed by atoms with van der Waals surface area (Å²) in [6, 6.07) is 11.3. The fraction of sp³-hybridized carbons (Fsp3) is 0.167. The van der Waals surface area contributed by atoms with Crippen molar-refractivity contribution in [3.05, 3.63) is 63.0 Å². The highest BCUT2D eigenvalue weighted by Gasteiger charge is 2.14. The summed E-state index contributed by atoms with van der Waals surface area (Å²) < 4.78 is 6.41. The van der Waals surface area contributed by atoms with E-state index in [4.69, 9.17) is 27.9 Å². The zero-order chi connectivity index (χ0) is 19.4. The summed E-state index contributed by atoms with van der Waals surface area (Å²) in [5, 5.41) is 6.73. The fourth-order valence-electron chi connectivity index (χ4n) is 2.54. The molecule has 0 fully saturated rings. The van der Waals surface area contributed by atoms with Gasteiger partial charge in [0.25, 0.3) is 0 Å². The van der Waals surface area contributed by atoms with E-state index in [-0.39, 0.29) is 6.54 Å². The Morgan fingerprint density at radius 1 is 1.15 bits per heavy atom. The summed E-state index contributed by atoms with van der Waals surface area (Å²) in [7, 11) is 1.53. The Bertz CT molecular complexity index is 1050. The summed E-state index contributed by atoms with van der Waals surface area (Å²) in [5.74, 6) is 0.334. The molecule has 0 aliphatic heterocycles. The average molecular weight is 407 g/mol. The van der Waals surface area contributed by atoms with Crippen LogP contribution in [-0.2, 0) is 11.3 Å². The fourth-order valence-corrected chi connectivity index (χ4v) is 2.84. The van der Waals surface area contributed by atoms with E-state index >= 15 is 0 Å². The molecule has 0 aliphatic carbocycles. The van der Waals surface area contributed by atoms with Crippen LogP contribution in [0, 0.1) is 0 Å². The van der Waals surface area contributed by atoms with Crippen LogP contribution in [0.2, 0.25) is 10.0 Å². The third-order valence-corrected chi connectivity index (χ3v) is 4.54. The van der Waals surface area contributed by atoms with E-state index in [1.54, 1.807) is 36.4 Å². The van der Waals surface area contributed by atoms with Gasteiger partial charge in [0.15, 0.2) is 0 Å². The number of para-hydroxylation sites is 1. The van der Waals surface area contributed by atoms with Crippen molar-refractivity contribution in [2.75, 3.05) is 24.4 Å². The van der Waals surface area contributed by atoms with E-state index in [1.807, 2.05) is 0 Å². The van der Waals surface area contributed by atoms with Gasteiger partial charge in [-0.1, -0.05) is 35.3 Å². The number of anilines is 2. The van der Waals surface area contributed by atoms with Gasteiger partial charge in [-0.25, -0.2) is 9.59 Å². The van der Waals surface area contributed by atoms with Crippen LogP contribution in [0.4, 0.5) is 16.3 Å². The Balaban J connectivity index is 1.95. The first kappa shape index (κ1) is 19.2. The molecule has 0 saturated heterocycles. The molecule has 9 heteroatoms. The van der Waals surface area contributed by atoms with Gasteiger partial charge in [0.1, 0.15) is 5.82 Å². The SMILES string of the molecule is COCCn1c(NC(=O)Nc2ccc(Cl)c(Cl)c2)c2ccccc2nc1=O. The van der Waals surface area contributed by atoms with E-state index in [2.05, 4.69) is 15.6 Å². The number of aromatic nitrogens is 2. The highest BCUT2D eigenvalue weighted by atomic mass is 35.5. The molecule has 1 aromatic heterocycles. The summed E-state index contributed by atoms with van der Waals surface area (Å²) in [5.41, 5.74) is 0.475. The molecule has 2 amide bonds. The number of amides is 2. The van der Waals surface area contributed by atoms with Crippen molar-refractivity contribution in [1.29, 1.82) is 0 Å². The van der Waals surface area contributed by atoms with Crippen LogP contribution in [0.5, 0.6) is 0 Å². The van der Waals surface area contributed by atoms with E-state index in [9.17, 15) is 9.59 Å². The minimum absolute atomic E-state index is 0.246. The van der Waals surface area contributed by atoms with Gasteiger partial charge in [0.05, 0.1) is 28.7 Å². The zero-order valence-corrected chi connectivity index (χ0v) is 15.8. The molecule has 2 aromatic carbocycles. The van der Waals surface area contributed by atoms with Crippen LogP contribution >= 0.6 is 23.2 Å². The molecule has 2 N–H and O–H groups in total. The lowest BCUT2D eigenvalue weighted by Gasteiger charge is -2.16. The minimum atomic E-state index is -0.532. The number of carbonyl (C=O) groups excluding carboxylic acids is 1. The molecule has 1 heterocycles. The Morgan fingerprint density at radius 2 is 1.93 bits per heavy atom. The number of carbonyl (C=O) groups is 1. The molecule has 0 bridgehead atoms. The van der Waals surface area contributed by atoms with Gasteiger partial charge in [-0.05, 0) is 30.3 Å². The lowest BCUT2D eigenvalue weighted by atomic mass is 10.2. The highest BCUT2D eigenvalue weighted by Crippen LogP contribution is 2.25. The van der Waals surface area contributed by atoms with Crippen molar-refractivity contribution in [2.45, 2.75) is 6.54 Å². The number of nitrogens with zero attached hydrogens (tertiary/aromatic N) is 2. The number of methoxy groups -OCH3 is 1. The van der Waals surface area contributed by atoms with Crippen LogP contribution in [0.1, 0.15) is 0 Å². The molecule has 0 saturated carbocycles. The zero-order valence-electron chi connectivity index (χ0n) is 14.3. The van der Waals surface area contributed by atoms with Crippen LogP contribution < -0.4 is 16.3 Å². The number of nitrogens with one attached hydrogen (secondary N) is 2. The highest BCUT2D eigenvalue weighted by molar-refractivity contribution is 6.42. The summed E-state index contributed by atoms with van der Waals surface area (Å²) in [6.45, 7) is 0.540. The molecular formula is C18H16Cl2N4O3. The number of ether oxygens (including phenoxy) is 1. The number of urea groups is 1. The van der Waals surface area contributed by atoms with Gasteiger partial charge in [0.2, 0.25) is 0 Å². The first-order chi connectivity index (χ1) is 13.0. The molecule has 0 unspecified atom stereocenters. The Morgan fingerprint density at radius 3 is 2.67 bits per heavy atom. The number of fused-ring (bicyclic) bond motifs is 1. The van der Waals surface area contributed by atoms with Gasteiger partial charge in [-0.15, -0.1) is 0 Å². The van der Waals surface area contributed by atoms with Crippen molar-refractivity contribution in [1.82, 2.24) is 9.55 Å². The number of benzene rings is 2. The van der Waals surface area contributed by atoms with Crippen molar-refractivity contribution in [3.8, 4) is 0 Å². The first-order valence-corrected chi connectivity index (χ1v) is 8.77. The predicted octanol–water partition coefficient (Wildman–Crippen LogP) is 3.99. The standard InChI is InChI=1S/C18H16Cl2N4O3/c1-27-9-8-24-16(12-4-2-3-5-15(12)22-18(24)26)23-17(25)21-11-6-7-13(19)14(20)10-11/h2-7,10H,8-9H2,1H3,(H2,21,23,25). The molecule has 0 radical (unpaired) electrons. The smallest absolute Gasteiger partial charge is 0.349 e. The molecule has 0 atom stereocenters. The molecule has 140 valence electrons. The number of halogens is 2. The minimum Gasteiger partial charge on any atom is -0.383 e. The lowest BCUT2D eigenvalue weighted by molar-refractivity contribution is 0.186. The largest absolute Gasteiger partial charge is 0.383 e. The van der Waals surface area contributed by atoms with Crippen molar-refractivity contribution in [2.24, 2.45) is 0 Å². The van der Waals surface area contributed by atoms with Gasteiger partial charge in [0, 0.05) is 18.2 Å². The first-order valence-electron chi connectivity index (χ1n) is 8.01. The van der Waals surface area contributed by atoms with Crippen LogP contribution in [0.3, 0.4) is 0 Å². The van der Waals surface area contributed by atoms with Crippen molar-refractivity contribution >= 4 is 51.6 Å². The maximum absolute atomic E-state index is 12.5. The second-order valence-corrected chi connectivity index (χ2v) is 6.43. The van der Waals surface area contributed by atoms with Gasteiger partial charge >= 0.3 is 11.7 Å². The molecule has 3 rings (SSSR count). The predicted molar refractivity (Wildman–Crippen MR) is 107 cm³/mol. The van der Waals surface area contributed by atoms with E-state index in [1.165, 1.54) is 17.7 Å². The van der Waals surface area contributed by atoms with Crippen molar-refractivity contribution in [3.63, 3.8) is 0 Å². The Labute approximate surface area is 164 Å². The van der Waals surface area contributed by atoms with E-state index < -0.39 is 11.7 Å². The van der Waals surface area contributed by atoms with Crippen LogP contribution in [-0.4, -0.2) is 29.3 Å². The third kappa shape index (κ3) is 4.39. The summed E-state index contributed by atoms with van der Waals surface area (Å²) in [4.78, 5) is 28.9. The normalized spacial score (nSPS) is 10.8. The van der Waals surface area contributed by atoms with Crippen molar-refractivity contribution < 1.29 is 9.53 Å². The molecule has 0 spiro atoms. The molecular weight excluding hydrogens is 391 g/mol. The maximum atomic E-state index is 12.5. The maximum Gasteiger partial charge on any atom is 0.349 e. The Hall–Kier alpha value is -2.61. The summed E-state index contributed by atoms with van der Waals surface area (Å²) in [6.07, 6.45) is 0. The number of hydrogen-bond acceptors (Lipinski definition) is 4. The van der Waals surface area contributed by atoms with Gasteiger partial charge in [-0.3, -0.25) is 9.88 Å². The number of rotatable bonds is 5. The van der Waals surface area contributed by atoms with Crippen LogP contribution in [0.25, 0.3) is 10.9 Å². The van der Waals surface area contributed by atoms with E-state index in [0.29, 0.717) is 39.1 Å². The number of hydrogen-bond donors (Lipinski definition) is 2. The third-order valence-electron chi connectivity index (χ3n) is 3.80. The second kappa shape index (κ2) is 8.39. The molecule has 27 heavy (non-hydrogen) atoms.